The Bertz CT molecular complexity index is 242. The van der Waals surface area contributed by atoms with E-state index in [-0.39, 0.29) is 0 Å². The molecule has 1 saturated carbocycles. The molecule has 2 rings (SSSR count). The largest absolute Gasteiger partial charge is 0.370 e. The summed E-state index contributed by atoms with van der Waals surface area (Å²) in [4.78, 5) is 6.77. The Labute approximate surface area is 96.5 Å². The standard InChI is InChI=1S/C11H21N3S/c1-11(3-2-4-11)9-13-10(12)14-5-7-15-8-6-14/h2-9H2,1H3,(H2,12,13). The molecule has 3 nitrogen and oxygen atoms in total. The summed E-state index contributed by atoms with van der Waals surface area (Å²) in [5, 5.41) is 0. The van der Waals surface area contributed by atoms with E-state index in [1.165, 1.54) is 30.8 Å². The van der Waals surface area contributed by atoms with E-state index in [4.69, 9.17) is 5.73 Å². The molecule has 1 aliphatic heterocycles. The summed E-state index contributed by atoms with van der Waals surface area (Å²) in [6.45, 7) is 5.37. The van der Waals surface area contributed by atoms with Crippen LogP contribution in [0.2, 0.25) is 0 Å². The Kier molecular flexibility index (Phi) is 3.44. The van der Waals surface area contributed by atoms with E-state index in [1.54, 1.807) is 0 Å². The van der Waals surface area contributed by atoms with Gasteiger partial charge in [0.05, 0.1) is 0 Å². The van der Waals surface area contributed by atoms with Gasteiger partial charge in [-0.1, -0.05) is 13.3 Å². The molecule has 86 valence electrons. The lowest BCUT2D eigenvalue weighted by molar-refractivity contribution is 0.173. The normalized spacial score (nSPS) is 26.2. The van der Waals surface area contributed by atoms with E-state index < -0.39 is 0 Å². The quantitative estimate of drug-likeness (QED) is 0.575. The number of nitrogens with zero attached hydrogens (tertiary/aromatic N) is 2. The van der Waals surface area contributed by atoms with Gasteiger partial charge in [0.15, 0.2) is 5.96 Å². The van der Waals surface area contributed by atoms with Gasteiger partial charge in [0.1, 0.15) is 0 Å². The van der Waals surface area contributed by atoms with E-state index in [0.29, 0.717) is 5.41 Å². The Morgan fingerprint density at radius 3 is 2.60 bits per heavy atom. The van der Waals surface area contributed by atoms with E-state index in [1.807, 2.05) is 11.8 Å². The molecule has 0 bridgehead atoms. The number of thioether (sulfide) groups is 1. The zero-order chi connectivity index (χ0) is 10.7. The van der Waals surface area contributed by atoms with Crippen LogP contribution in [0.25, 0.3) is 0 Å². The monoisotopic (exact) mass is 227 g/mol. The minimum absolute atomic E-state index is 0.454. The molecular formula is C11H21N3S. The predicted octanol–water partition coefficient (Wildman–Crippen LogP) is 1.54. The fraction of sp³-hybridized carbons (Fsp3) is 0.909. The molecule has 0 radical (unpaired) electrons. The van der Waals surface area contributed by atoms with Crippen LogP contribution in [0.4, 0.5) is 0 Å². The molecule has 4 heteroatoms. The lowest BCUT2D eigenvalue weighted by Crippen LogP contribution is -2.43. The second kappa shape index (κ2) is 4.64. The van der Waals surface area contributed by atoms with Gasteiger partial charge in [0.25, 0.3) is 0 Å². The third-order valence-corrected chi connectivity index (χ3v) is 4.46. The number of hydrogen-bond donors (Lipinski definition) is 1. The lowest BCUT2D eigenvalue weighted by Gasteiger charge is -2.37. The highest BCUT2D eigenvalue weighted by Gasteiger charge is 2.31. The van der Waals surface area contributed by atoms with Crippen molar-refractivity contribution < 1.29 is 0 Å². The van der Waals surface area contributed by atoms with Crippen molar-refractivity contribution in [1.82, 2.24) is 4.90 Å². The van der Waals surface area contributed by atoms with Crippen molar-refractivity contribution in [2.45, 2.75) is 26.2 Å². The first-order chi connectivity index (χ1) is 7.20. The highest BCUT2D eigenvalue weighted by Crippen LogP contribution is 2.40. The highest BCUT2D eigenvalue weighted by molar-refractivity contribution is 7.99. The predicted molar refractivity (Wildman–Crippen MR) is 67.3 cm³/mol. The summed E-state index contributed by atoms with van der Waals surface area (Å²) >= 11 is 2.00. The van der Waals surface area contributed by atoms with Crippen LogP contribution in [-0.4, -0.2) is 42.0 Å². The second-order valence-electron chi connectivity index (χ2n) is 4.94. The zero-order valence-corrected chi connectivity index (χ0v) is 10.4. The number of nitrogens with two attached hydrogens (primary N) is 1. The molecule has 0 aromatic heterocycles. The molecule has 0 aromatic carbocycles. The zero-order valence-electron chi connectivity index (χ0n) is 9.54. The van der Waals surface area contributed by atoms with Crippen LogP contribution < -0.4 is 5.73 Å². The van der Waals surface area contributed by atoms with Crippen LogP contribution in [0, 0.1) is 5.41 Å². The van der Waals surface area contributed by atoms with Crippen molar-refractivity contribution in [2.24, 2.45) is 16.1 Å². The molecule has 1 heterocycles. The van der Waals surface area contributed by atoms with Gasteiger partial charge >= 0.3 is 0 Å². The molecule has 2 aliphatic rings. The first-order valence-corrected chi connectivity index (χ1v) is 6.98. The first kappa shape index (κ1) is 11.1. The Morgan fingerprint density at radius 2 is 2.07 bits per heavy atom. The van der Waals surface area contributed by atoms with E-state index >= 15 is 0 Å². The fourth-order valence-electron chi connectivity index (χ4n) is 2.10. The summed E-state index contributed by atoms with van der Waals surface area (Å²) in [6.07, 6.45) is 4.01. The van der Waals surface area contributed by atoms with Crippen molar-refractivity contribution in [3.63, 3.8) is 0 Å². The smallest absolute Gasteiger partial charge is 0.191 e. The molecule has 0 unspecified atom stereocenters. The van der Waals surface area contributed by atoms with Gasteiger partial charge in [-0.2, -0.15) is 11.8 Å². The summed E-state index contributed by atoms with van der Waals surface area (Å²) in [5.74, 6) is 3.14. The summed E-state index contributed by atoms with van der Waals surface area (Å²) < 4.78 is 0. The lowest BCUT2D eigenvalue weighted by atomic mass is 9.71. The molecule has 0 amide bonds. The average molecular weight is 227 g/mol. The van der Waals surface area contributed by atoms with E-state index in [0.717, 1.165) is 25.6 Å². The van der Waals surface area contributed by atoms with Crippen LogP contribution in [0.3, 0.4) is 0 Å². The van der Waals surface area contributed by atoms with Gasteiger partial charge in [0.2, 0.25) is 0 Å². The number of rotatable bonds is 2. The average Bonchev–Trinajstić information content (AvgIpc) is 2.24. The van der Waals surface area contributed by atoms with Crippen molar-refractivity contribution in [1.29, 1.82) is 0 Å². The highest BCUT2D eigenvalue weighted by atomic mass is 32.2. The SMILES string of the molecule is CC1(CN=C(N)N2CCSCC2)CCC1. The van der Waals surface area contributed by atoms with Crippen molar-refractivity contribution in [2.75, 3.05) is 31.1 Å². The van der Waals surface area contributed by atoms with Gasteiger partial charge in [-0.05, 0) is 18.3 Å². The van der Waals surface area contributed by atoms with Crippen molar-refractivity contribution in [3.8, 4) is 0 Å². The van der Waals surface area contributed by atoms with Gasteiger partial charge in [-0.15, -0.1) is 0 Å². The van der Waals surface area contributed by atoms with E-state index in [9.17, 15) is 0 Å². The molecule has 2 fully saturated rings. The maximum absolute atomic E-state index is 6.00. The minimum atomic E-state index is 0.454. The second-order valence-corrected chi connectivity index (χ2v) is 6.16. The molecule has 2 N–H and O–H groups in total. The van der Waals surface area contributed by atoms with Gasteiger partial charge in [-0.3, -0.25) is 4.99 Å². The Balaban J connectivity index is 1.82. The van der Waals surface area contributed by atoms with Crippen LogP contribution in [-0.2, 0) is 0 Å². The number of aliphatic imine (C=N–C) groups is 1. The third kappa shape index (κ3) is 2.80. The van der Waals surface area contributed by atoms with Gasteiger partial charge in [0, 0.05) is 31.1 Å². The first-order valence-electron chi connectivity index (χ1n) is 5.82. The summed E-state index contributed by atoms with van der Waals surface area (Å²) in [5.41, 5.74) is 6.45. The fourth-order valence-corrected chi connectivity index (χ4v) is 3.01. The molecule has 15 heavy (non-hydrogen) atoms. The van der Waals surface area contributed by atoms with E-state index in [2.05, 4.69) is 16.8 Å². The topological polar surface area (TPSA) is 41.6 Å². The third-order valence-electron chi connectivity index (χ3n) is 3.52. The van der Waals surface area contributed by atoms with Gasteiger partial charge in [-0.25, -0.2) is 0 Å². The van der Waals surface area contributed by atoms with Crippen LogP contribution in [0.5, 0.6) is 0 Å². The summed E-state index contributed by atoms with van der Waals surface area (Å²) in [7, 11) is 0. The molecule has 1 saturated heterocycles. The molecule has 1 aliphatic carbocycles. The van der Waals surface area contributed by atoms with Crippen molar-refractivity contribution in [3.05, 3.63) is 0 Å². The molecule has 0 atom stereocenters. The molecule has 0 aromatic rings. The summed E-state index contributed by atoms with van der Waals surface area (Å²) in [6, 6.07) is 0. The maximum Gasteiger partial charge on any atom is 0.191 e. The molecule has 0 spiro atoms. The number of guanidine groups is 1. The minimum Gasteiger partial charge on any atom is -0.370 e. The maximum atomic E-state index is 6.00. The Hall–Kier alpha value is -0.380. The van der Waals surface area contributed by atoms with Gasteiger partial charge < -0.3 is 10.6 Å². The molecular weight excluding hydrogens is 206 g/mol. The Morgan fingerprint density at radius 1 is 1.40 bits per heavy atom. The van der Waals surface area contributed by atoms with Crippen LogP contribution in [0.15, 0.2) is 4.99 Å². The van der Waals surface area contributed by atoms with Crippen molar-refractivity contribution >= 4 is 17.7 Å². The number of hydrogen-bond acceptors (Lipinski definition) is 2. The van der Waals surface area contributed by atoms with Crippen LogP contribution >= 0.6 is 11.8 Å². The van der Waals surface area contributed by atoms with Crippen LogP contribution in [0.1, 0.15) is 26.2 Å².